The lowest BCUT2D eigenvalue weighted by atomic mass is 9.88. The molecule has 6 heteroatoms. The second-order valence-electron chi connectivity index (χ2n) is 4.98. The molecule has 0 aliphatic heterocycles. The van der Waals surface area contributed by atoms with Crippen LogP contribution in [-0.4, -0.2) is 39.6 Å². The molecule has 1 rings (SSSR count). The summed E-state index contributed by atoms with van der Waals surface area (Å²) in [6.07, 6.45) is 0.672. The van der Waals surface area contributed by atoms with E-state index in [1.165, 1.54) is 7.11 Å². The lowest BCUT2D eigenvalue weighted by Gasteiger charge is -2.23. The highest BCUT2D eigenvalue weighted by Gasteiger charge is 2.23. The van der Waals surface area contributed by atoms with Crippen molar-refractivity contribution in [1.29, 1.82) is 0 Å². The standard InChI is InChI=1S/C15H24ClNO4/c1-9(11(7-17)8-18)5-10-6-12(16)14(20-3)15(21-4)13(10)19-2/h6,9,11,18H,5,7-8,17H2,1-4H3. The van der Waals surface area contributed by atoms with Crippen molar-refractivity contribution in [3.63, 3.8) is 0 Å². The molecule has 0 aromatic heterocycles. The summed E-state index contributed by atoms with van der Waals surface area (Å²) in [7, 11) is 4.65. The maximum Gasteiger partial charge on any atom is 0.205 e. The van der Waals surface area contributed by atoms with Crippen LogP contribution in [0.15, 0.2) is 6.07 Å². The predicted octanol–water partition coefficient (Wildman–Crippen LogP) is 2.11. The van der Waals surface area contributed by atoms with Gasteiger partial charge in [0.2, 0.25) is 5.75 Å². The lowest BCUT2D eigenvalue weighted by Crippen LogP contribution is -2.26. The first-order valence-electron chi connectivity index (χ1n) is 6.82. The SMILES string of the molecule is COc1c(Cl)cc(CC(C)C(CN)CO)c(OC)c1OC. The summed E-state index contributed by atoms with van der Waals surface area (Å²) in [6, 6.07) is 1.81. The molecule has 1 aromatic carbocycles. The van der Waals surface area contributed by atoms with Crippen LogP contribution < -0.4 is 19.9 Å². The molecule has 1 aromatic rings. The monoisotopic (exact) mass is 317 g/mol. The summed E-state index contributed by atoms with van der Waals surface area (Å²) in [5.41, 5.74) is 6.58. The Kier molecular flexibility index (Phi) is 7.08. The molecule has 21 heavy (non-hydrogen) atoms. The van der Waals surface area contributed by atoms with Gasteiger partial charge in [0.15, 0.2) is 11.5 Å². The summed E-state index contributed by atoms with van der Waals surface area (Å²) in [5, 5.41) is 9.82. The summed E-state index contributed by atoms with van der Waals surface area (Å²) in [5.74, 6) is 1.73. The molecule has 0 fully saturated rings. The fourth-order valence-corrected chi connectivity index (χ4v) is 2.69. The van der Waals surface area contributed by atoms with E-state index in [-0.39, 0.29) is 18.4 Å². The van der Waals surface area contributed by atoms with E-state index in [1.54, 1.807) is 14.2 Å². The molecule has 0 bridgehead atoms. The van der Waals surface area contributed by atoms with Crippen molar-refractivity contribution < 1.29 is 19.3 Å². The Morgan fingerprint density at radius 2 is 1.71 bits per heavy atom. The number of rotatable bonds is 8. The zero-order chi connectivity index (χ0) is 16.0. The number of ether oxygens (including phenoxy) is 3. The van der Waals surface area contributed by atoms with Crippen LogP contribution in [0.3, 0.4) is 0 Å². The van der Waals surface area contributed by atoms with Gasteiger partial charge in [-0.25, -0.2) is 0 Å². The number of benzene rings is 1. The normalized spacial score (nSPS) is 13.7. The van der Waals surface area contributed by atoms with Crippen molar-refractivity contribution in [2.45, 2.75) is 13.3 Å². The minimum Gasteiger partial charge on any atom is -0.492 e. The van der Waals surface area contributed by atoms with Crippen molar-refractivity contribution in [2.24, 2.45) is 17.6 Å². The highest BCUT2D eigenvalue weighted by atomic mass is 35.5. The van der Waals surface area contributed by atoms with Crippen molar-refractivity contribution in [2.75, 3.05) is 34.5 Å². The minimum absolute atomic E-state index is 0.0292. The third-order valence-electron chi connectivity index (χ3n) is 3.72. The molecule has 5 nitrogen and oxygen atoms in total. The van der Waals surface area contributed by atoms with Crippen LogP contribution in [0, 0.1) is 11.8 Å². The Morgan fingerprint density at radius 3 is 2.14 bits per heavy atom. The molecule has 0 amide bonds. The van der Waals surface area contributed by atoms with Crippen LogP contribution in [0.2, 0.25) is 5.02 Å². The molecule has 0 heterocycles. The van der Waals surface area contributed by atoms with E-state index in [1.807, 2.05) is 13.0 Å². The van der Waals surface area contributed by atoms with Crippen LogP contribution in [0.25, 0.3) is 0 Å². The number of hydrogen-bond donors (Lipinski definition) is 2. The average molecular weight is 318 g/mol. The van der Waals surface area contributed by atoms with Gasteiger partial charge in [-0.15, -0.1) is 0 Å². The zero-order valence-electron chi connectivity index (χ0n) is 13.0. The van der Waals surface area contributed by atoms with Crippen molar-refractivity contribution >= 4 is 11.6 Å². The number of hydrogen-bond acceptors (Lipinski definition) is 5. The molecule has 0 aliphatic carbocycles. The zero-order valence-corrected chi connectivity index (χ0v) is 13.7. The molecule has 0 aliphatic rings. The topological polar surface area (TPSA) is 73.9 Å². The summed E-state index contributed by atoms with van der Waals surface area (Å²) in [6.45, 7) is 2.53. The molecular weight excluding hydrogens is 294 g/mol. The minimum atomic E-state index is 0.0292. The Morgan fingerprint density at radius 1 is 1.14 bits per heavy atom. The van der Waals surface area contributed by atoms with Crippen molar-refractivity contribution in [1.82, 2.24) is 0 Å². The molecule has 2 atom stereocenters. The van der Waals surface area contributed by atoms with Crippen molar-refractivity contribution in [3.05, 3.63) is 16.7 Å². The quantitative estimate of drug-likeness (QED) is 0.768. The van der Waals surface area contributed by atoms with E-state index in [0.717, 1.165) is 5.56 Å². The number of nitrogens with two attached hydrogens (primary N) is 1. The first kappa shape index (κ1) is 17.9. The summed E-state index contributed by atoms with van der Waals surface area (Å²) < 4.78 is 16.1. The van der Waals surface area contributed by atoms with Crippen LogP contribution in [-0.2, 0) is 6.42 Å². The van der Waals surface area contributed by atoms with Crippen LogP contribution >= 0.6 is 11.6 Å². The maximum atomic E-state index is 9.36. The lowest BCUT2D eigenvalue weighted by molar-refractivity contribution is 0.186. The summed E-state index contributed by atoms with van der Waals surface area (Å²) >= 11 is 6.24. The van der Waals surface area contributed by atoms with E-state index in [0.29, 0.717) is 35.2 Å². The molecular formula is C15H24ClNO4. The van der Waals surface area contributed by atoms with Crippen LogP contribution in [0.4, 0.5) is 0 Å². The third kappa shape index (κ3) is 3.93. The Hall–Kier alpha value is -1.17. The molecule has 0 spiro atoms. The number of aliphatic hydroxyl groups excluding tert-OH is 1. The molecule has 0 saturated carbocycles. The predicted molar refractivity (Wildman–Crippen MR) is 83.6 cm³/mol. The van der Waals surface area contributed by atoms with Gasteiger partial charge in [-0.05, 0) is 30.9 Å². The van der Waals surface area contributed by atoms with Gasteiger partial charge in [0.25, 0.3) is 0 Å². The number of methoxy groups -OCH3 is 3. The molecule has 120 valence electrons. The van der Waals surface area contributed by atoms with Gasteiger partial charge in [-0.1, -0.05) is 18.5 Å². The Labute approximate surface area is 130 Å². The largest absolute Gasteiger partial charge is 0.492 e. The Bertz CT molecular complexity index is 463. The number of halogens is 1. The van der Waals surface area contributed by atoms with Crippen molar-refractivity contribution in [3.8, 4) is 17.2 Å². The van der Waals surface area contributed by atoms with Gasteiger partial charge in [-0.2, -0.15) is 0 Å². The highest BCUT2D eigenvalue weighted by molar-refractivity contribution is 6.32. The van der Waals surface area contributed by atoms with E-state index >= 15 is 0 Å². The van der Waals surface area contributed by atoms with Crippen LogP contribution in [0.5, 0.6) is 17.2 Å². The highest BCUT2D eigenvalue weighted by Crippen LogP contribution is 2.45. The van der Waals surface area contributed by atoms with E-state index in [9.17, 15) is 5.11 Å². The molecule has 0 saturated heterocycles. The van der Waals surface area contributed by atoms with Gasteiger partial charge in [0.1, 0.15) is 0 Å². The van der Waals surface area contributed by atoms with Gasteiger partial charge >= 0.3 is 0 Å². The number of aliphatic hydroxyl groups is 1. The van der Waals surface area contributed by atoms with E-state index < -0.39 is 0 Å². The molecule has 3 N–H and O–H groups in total. The summed E-state index contributed by atoms with van der Waals surface area (Å²) in [4.78, 5) is 0. The fraction of sp³-hybridized carbons (Fsp3) is 0.600. The fourth-order valence-electron chi connectivity index (χ4n) is 2.39. The smallest absolute Gasteiger partial charge is 0.205 e. The second kappa shape index (κ2) is 8.32. The van der Waals surface area contributed by atoms with Gasteiger partial charge in [-0.3, -0.25) is 0 Å². The maximum absolute atomic E-state index is 9.36. The molecule has 2 unspecified atom stereocenters. The van der Waals surface area contributed by atoms with E-state index in [2.05, 4.69) is 0 Å². The van der Waals surface area contributed by atoms with Crippen LogP contribution in [0.1, 0.15) is 12.5 Å². The van der Waals surface area contributed by atoms with E-state index in [4.69, 9.17) is 31.5 Å². The van der Waals surface area contributed by atoms with Gasteiger partial charge in [0.05, 0.1) is 26.4 Å². The third-order valence-corrected chi connectivity index (χ3v) is 4.00. The van der Waals surface area contributed by atoms with Gasteiger partial charge in [0, 0.05) is 12.2 Å². The van der Waals surface area contributed by atoms with Gasteiger partial charge < -0.3 is 25.1 Å². The molecule has 0 radical (unpaired) electrons. The Balaban J connectivity index is 3.21. The first-order chi connectivity index (χ1) is 10.0. The first-order valence-corrected chi connectivity index (χ1v) is 7.19. The second-order valence-corrected chi connectivity index (χ2v) is 5.38. The average Bonchev–Trinajstić information content (AvgIpc) is 2.47.